The van der Waals surface area contributed by atoms with Gasteiger partial charge in [-0.2, -0.15) is 0 Å². The molecule has 3 rings (SSSR count). The molecule has 2 heterocycles. The molecule has 1 aromatic carbocycles. The van der Waals surface area contributed by atoms with E-state index in [4.69, 9.17) is 14.2 Å². The predicted octanol–water partition coefficient (Wildman–Crippen LogP) is 4.26. The van der Waals surface area contributed by atoms with Crippen molar-refractivity contribution in [2.24, 2.45) is 0 Å². The lowest BCUT2D eigenvalue weighted by molar-refractivity contribution is 0.0175. The van der Waals surface area contributed by atoms with Gasteiger partial charge >= 0.3 is 6.09 Å². The van der Waals surface area contributed by atoms with Crippen molar-refractivity contribution in [1.82, 2.24) is 4.90 Å². The highest BCUT2D eigenvalue weighted by Gasteiger charge is 2.42. The Morgan fingerprint density at radius 1 is 1.16 bits per heavy atom. The summed E-state index contributed by atoms with van der Waals surface area (Å²) < 4.78 is 16.6. The zero-order valence-electron chi connectivity index (χ0n) is 15.7. The number of para-hydroxylation sites is 1. The Morgan fingerprint density at radius 3 is 2.52 bits per heavy atom. The van der Waals surface area contributed by atoms with Crippen LogP contribution in [0.2, 0.25) is 0 Å². The third kappa shape index (κ3) is 3.46. The minimum atomic E-state index is -0.476. The van der Waals surface area contributed by atoms with Crippen LogP contribution in [-0.4, -0.2) is 42.9 Å². The fourth-order valence-corrected chi connectivity index (χ4v) is 3.77. The van der Waals surface area contributed by atoms with Gasteiger partial charge in [-0.05, 0) is 51.7 Å². The fraction of sp³-hybridized carbons (Fsp3) is 0.550. The molecule has 0 N–H and O–H groups in total. The van der Waals surface area contributed by atoms with E-state index in [2.05, 4.69) is 12.1 Å². The van der Waals surface area contributed by atoms with Gasteiger partial charge in [0.2, 0.25) is 0 Å². The van der Waals surface area contributed by atoms with Crippen molar-refractivity contribution in [3.05, 3.63) is 29.8 Å². The summed E-state index contributed by atoms with van der Waals surface area (Å²) in [7, 11) is 3.30. The van der Waals surface area contributed by atoms with E-state index in [1.807, 2.05) is 37.8 Å². The molecule has 5 heteroatoms. The number of carbonyl (C=O) groups excluding carboxylic acids is 1. The molecule has 1 amide bonds. The summed E-state index contributed by atoms with van der Waals surface area (Å²) in [5.41, 5.74) is 1.78. The maximum Gasteiger partial charge on any atom is 0.411 e. The monoisotopic (exact) mass is 345 g/mol. The number of hydrogen-bond acceptors (Lipinski definition) is 4. The van der Waals surface area contributed by atoms with E-state index < -0.39 is 5.60 Å². The van der Waals surface area contributed by atoms with Crippen LogP contribution in [0.5, 0.6) is 11.5 Å². The van der Waals surface area contributed by atoms with Gasteiger partial charge in [-0.1, -0.05) is 18.2 Å². The zero-order chi connectivity index (χ0) is 18.2. The van der Waals surface area contributed by atoms with Gasteiger partial charge in [0.15, 0.2) is 11.5 Å². The van der Waals surface area contributed by atoms with Gasteiger partial charge in [-0.25, -0.2) is 4.79 Å². The van der Waals surface area contributed by atoms with Crippen molar-refractivity contribution in [2.75, 3.05) is 14.2 Å². The van der Waals surface area contributed by atoms with Gasteiger partial charge in [-0.15, -0.1) is 0 Å². The van der Waals surface area contributed by atoms with Crippen LogP contribution >= 0.6 is 0 Å². The molecule has 0 aliphatic carbocycles. The molecule has 1 saturated heterocycles. The Morgan fingerprint density at radius 2 is 1.92 bits per heavy atom. The molecule has 25 heavy (non-hydrogen) atoms. The highest BCUT2D eigenvalue weighted by molar-refractivity contribution is 5.78. The molecule has 0 saturated carbocycles. The van der Waals surface area contributed by atoms with Crippen molar-refractivity contribution in [3.8, 4) is 11.5 Å². The molecular formula is C20H27NO4. The molecule has 2 bridgehead atoms. The molecule has 2 atom stereocenters. The molecule has 5 nitrogen and oxygen atoms in total. The number of hydrogen-bond donors (Lipinski definition) is 0. The molecule has 0 radical (unpaired) electrons. The lowest BCUT2D eigenvalue weighted by atomic mass is 9.94. The lowest BCUT2D eigenvalue weighted by Crippen LogP contribution is -2.45. The first-order valence-electron chi connectivity index (χ1n) is 8.77. The molecule has 2 aliphatic heterocycles. The van der Waals surface area contributed by atoms with Gasteiger partial charge in [-0.3, -0.25) is 4.90 Å². The van der Waals surface area contributed by atoms with Crippen molar-refractivity contribution in [1.29, 1.82) is 0 Å². The van der Waals surface area contributed by atoms with Crippen LogP contribution in [0, 0.1) is 0 Å². The number of fused-ring (bicyclic) bond motifs is 2. The van der Waals surface area contributed by atoms with Crippen LogP contribution in [0.1, 0.15) is 45.6 Å². The molecule has 0 spiro atoms. The lowest BCUT2D eigenvalue weighted by Gasteiger charge is -2.35. The number of carbonyl (C=O) groups is 1. The second-order valence-corrected chi connectivity index (χ2v) is 7.62. The van der Waals surface area contributed by atoms with Gasteiger partial charge in [0.25, 0.3) is 0 Å². The number of ether oxygens (including phenoxy) is 3. The highest BCUT2D eigenvalue weighted by Crippen LogP contribution is 2.43. The number of methoxy groups -OCH3 is 2. The average Bonchev–Trinajstić information content (AvgIpc) is 2.82. The summed E-state index contributed by atoms with van der Waals surface area (Å²) in [4.78, 5) is 14.5. The number of rotatable bonds is 3. The zero-order valence-corrected chi connectivity index (χ0v) is 15.7. The first-order chi connectivity index (χ1) is 11.8. The van der Waals surface area contributed by atoms with E-state index in [1.165, 1.54) is 5.57 Å². The van der Waals surface area contributed by atoms with E-state index in [0.717, 1.165) is 36.3 Å². The highest BCUT2D eigenvalue weighted by atomic mass is 16.6. The maximum absolute atomic E-state index is 12.6. The molecule has 1 aromatic rings. The second-order valence-electron chi connectivity index (χ2n) is 7.62. The Kier molecular flexibility index (Phi) is 4.67. The van der Waals surface area contributed by atoms with Crippen LogP contribution in [0.15, 0.2) is 24.3 Å². The normalized spacial score (nSPS) is 22.4. The molecule has 2 unspecified atom stereocenters. The van der Waals surface area contributed by atoms with Crippen LogP contribution in [0.4, 0.5) is 4.79 Å². The van der Waals surface area contributed by atoms with E-state index in [0.29, 0.717) is 0 Å². The third-order valence-electron chi connectivity index (χ3n) is 4.75. The first kappa shape index (κ1) is 17.6. The summed E-state index contributed by atoms with van der Waals surface area (Å²) in [5.74, 6) is 1.48. The van der Waals surface area contributed by atoms with Crippen LogP contribution in [0.3, 0.4) is 0 Å². The van der Waals surface area contributed by atoms with Gasteiger partial charge in [0.1, 0.15) is 5.60 Å². The van der Waals surface area contributed by atoms with Crippen molar-refractivity contribution in [2.45, 2.75) is 57.7 Å². The summed E-state index contributed by atoms with van der Waals surface area (Å²) >= 11 is 0. The second kappa shape index (κ2) is 6.62. The van der Waals surface area contributed by atoms with Crippen molar-refractivity contribution >= 4 is 11.7 Å². The molecular weight excluding hydrogens is 318 g/mol. The summed E-state index contributed by atoms with van der Waals surface area (Å²) in [6.45, 7) is 5.71. The van der Waals surface area contributed by atoms with Crippen molar-refractivity contribution < 1.29 is 19.0 Å². The number of benzene rings is 1. The van der Waals surface area contributed by atoms with Gasteiger partial charge in [0.05, 0.1) is 20.3 Å². The average molecular weight is 345 g/mol. The Labute approximate surface area is 149 Å². The molecule has 0 aromatic heterocycles. The van der Waals surface area contributed by atoms with E-state index >= 15 is 0 Å². The summed E-state index contributed by atoms with van der Waals surface area (Å²) in [5, 5.41) is 0. The van der Waals surface area contributed by atoms with E-state index in [9.17, 15) is 4.79 Å². The van der Waals surface area contributed by atoms with E-state index in [-0.39, 0.29) is 18.2 Å². The minimum absolute atomic E-state index is 0.0829. The minimum Gasteiger partial charge on any atom is -0.493 e. The quantitative estimate of drug-likeness (QED) is 0.821. The Bertz CT molecular complexity index is 689. The third-order valence-corrected chi connectivity index (χ3v) is 4.75. The fourth-order valence-electron chi connectivity index (χ4n) is 3.77. The summed E-state index contributed by atoms with van der Waals surface area (Å²) in [6, 6.07) is 6.18. The largest absolute Gasteiger partial charge is 0.493 e. The van der Waals surface area contributed by atoms with Gasteiger partial charge < -0.3 is 14.2 Å². The smallest absolute Gasteiger partial charge is 0.411 e. The summed E-state index contributed by atoms with van der Waals surface area (Å²) in [6.07, 6.45) is 4.74. The van der Waals surface area contributed by atoms with Crippen LogP contribution in [0.25, 0.3) is 5.57 Å². The Hall–Kier alpha value is -2.17. The number of amides is 1. The predicted molar refractivity (Wildman–Crippen MR) is 97.0 cm³/mol. The molecule has 2 aliphatic rings. The molecule has 1 fully saturated rings. The molecule has 136 valence electrons. The number of nitrogens with zero attached hydrogens (tertiary/aromatic N) is 1. The first-order valence-corrected chi connectivity index (χ1v) is 8.77. The van der Waals surface area contributed by atoms with Crippen LogP contribution in [-0.2, 0) is 4.74 Å². The van der Waals surface area contributed by atoms with Gasteiger partial charge in [0, 0.05) is 11.6 Å². The van der Waals surface area contributed by atoms with Crippen molar-refractivity contribution in [3.63, 3.8) is 0 Å². The standard InChI is InChI=1S/C20H27NO4/c1-20(2,3)25-19(22)21-14-9-10-15(21)12-13(11-14)16-7-6-8-17(23-4)18(16)24-5/h6-8,11,14-15H,9-10,12H2,1-5H3. The Balaban J connectivity index is 1.89. The SMILES string of the molecule is COc1cccc(C2=CC3CCC(C2)N3C(=O)OC(C)(C)C)c1OC. The topological polar surface area (TPSA) is 48.0 Å². The maximum atomic E-state index is 12.6. The van der Waals surface area contributed by atoms with Crippen LogP contribution < -0.4 is 9.47 Å². The van der Waals surface area contributed by atoms with E-state index in [1.54, 1.807) is 14.2 Å².